The van der Waals surface area contributed by atoms with Crippen LogP contribution in [0.15, 0.2) is 36.5 Å². The van der Waals surface area contributed by atoms with Crippen LogP contribution < -0.4 is 0 Å². The predicted octanol–water partition coefficient (Wildman–Crippen LogP) is 1.98. The van der Waals surface area contributed by atoms with Crippen molar-refractivity contribution < 1.29 is 38.3 Å². The Morgan fingerprint density at radius 1 is 0.939 bits per heavy atom. The highest BCUT2D eigenvalue weighted by Gasteiger charge is 2.23. The number of pyridine rings is 1. The van der Waals surface area contributed by atoms with Crippen LogP contribution in [0.2, 0.25) is 0 Å². The van der Waals surface area contributed by atoms with Crippen molar-refractivity contribution in [2.45, 2.75) is 26.7 Å². The van der Waals surface area contributed by atoms with E-state index in [1.165, 1.54) is 6.07 Å². The molecule has 0 atom stereocenters. The number of carbonyl (C=O) groups is 4. The van der Waals surface area contributed by atoms with Crippen LogP contribution in [0.3, 0.4) is 0 Å². The van der Waals surface area contributed by atoms with Crippen LogP contribution in [0, 0.1) is 10.1 Å². The summed E-state index contributed by atoms with van der Waals surface area (Å²) in [6, 6.07) is 8.26. The molecule has 0 radical (unpaired) electrons. The lowest BCUT2D eigenvalue weighted by molar-refractivity contribution is -0.385. The van der Waals surface area contributed by atoms with Crippen LogP contribution in [0.1, 0.15) is 25.0 Å². The van der Waals surface area contributed by atoms with Gasteiger partial charge in [-0.1, -0.05) is 24.3 Å². The molecule has 2 rings (SSSR count). The lowest BCUT2D eigenvalue weighted by atomic mass is 10.0. The van der Waals surface area contributed by atoms with Crippen LogP contribution in [0.25, 0.3) is 11.3 Å². The number of hydrogen-bond donors (Lipinski definition) is 0. The molecule has 0 unspecified atom stereocenters. The minimum Gasteiger partial charge on any atom is -0.460 e. The van der Waals surface area contributed by atoms with E-state index in [4.69, 9.17) is 4.74 Å². The van der Waals surface area contributed by atoms with Gasteiger partial charge in [0.2, 0.25) is 5.78 Å². The Morgan fingerprint density at radius 2 is 1.55 bits per heavy atom. The highest BCUT2D eigenvalue weighted by atomic mass is 16.6. The van der Waals surface area contributed by atoms with E-state index in [1.54, 1.807) is 38.1 Å². The average molecular weight is 458 g/mol. The number of esters is 3. The molecule has 0 spiro atoms. The third-order valence-corrected chi connectivity index (χ3v) is 4.33. The standard InChI is InChI=1S/C22H22N2O9/c1-3-31-20(26)19(25)12-16-11-17(23-13-18(16)24(29)30)15-7-5-14(6-8-15)9-10-33-22(28)21(27)32-4-2/h5-8,11,13H,3-4,9-10,12H2,1-2H3. The van der Waals surface area contributed by atoms with E-state index >= 15 is 0 Å². The number of benzene rings is 1. The third-order valence-electron chi connectivity index (χ3n) is 4.33. The van der Waals surface area contributed by atoms with Gasteiger partial charge < -0.3 is 14.2 Å². The Hall–Kier alpha value is -4.15. The van der Waals surface area contributed by atoms with Crippen LogP contribution >= 0.6 is 0 Å². The van der Waals surface area contributed by atoms with Crippen molar-refractivity contribution in [2.24, 2.45) is 0 Å². The summed E-state index contributed by atoms with van der Waals surface area (Å²) in [5.74, 6) is -4.06. The number of ketones is 1. The largest absolute Gasteiger partial charge is 0.460 e. The molecule has 1 aromatic heterocycles. The first kappa shape index (κ1) is 25.1. The molecule has 0 saturated heterocycles. The zero-order valence-corrected chi connectivity index (χ0v) is 18.1. The Kier molecular flexibility index (Phi) is 9.16. The monoisotopic (exact) mass is 458 g/mol. The summed E-state index contributed by atoms with van der Waals surface area (Å²) in [6.45, 7) is 3.19. The highest BCUT2D eigenvalue weighted by molar-refractivity contribution is 6.34. The van der Waals surface area contributed by atoms with Crippen molar-refractivity contribution in [3.63, 3.8) is 0 Å². The van der Waals surface area contributed by atoms with Gasteiger partial charge in [0.1, 0.15) is 6.20 Å². The fourth-order valence-electron chi connectivity index (χ4n) is 2.76. The van der Waals surface area contributed by atoms with Crippen molar-refractivity contribution in [1.29, 1.82) is 0 Å². The molecule has 0 amide bonds. The van der Waals surface area contributed by atoms with Gasteiger partial charge in [-0.25, -0.2) is 19.4 Å². The van der Waals surface area contributed by atoms with Crippen LogP contribution in [0.5, 0.6) is 0 Å². The molecule has 1 aromatic carbocycles. The first-order valence-corrected chi connectivity index (χ1v) is 10.0. The van der Waals surface area contributed by atoms with Gasteiger partial charge in [-0.2, -0.15) is 0 Å². The number of rotatable bonds is 10. The second kappa shape index (κ2) is 12.0. The van der Waals surface area contributed by atoms with Crippen molar-refractivity contribution >= 4 is 29.4 Å². The Morgan fingerprint density at radius 3 is 2.15 bits per heavy atom. The number of hydrogen-bond acceptors (Lipinski definition) is 10. The van der Waals surface area contributed by atoms with Gasteiger partial charge in [-0.15, -0.1) is 0 Å². The van der Waals surface area contributed by atoms with E-state index in [-0.39, 0.29) is 31.1 Å². The number of nitro groups is 1. The zero-order chi connectivity index (χ0) is 24.4. The fourth-order valence-corrected chi connectivity index (χ4v) is 2.76. The molecule has 0 N–H and O–H groups in total. The molecular formula is C22H22N2O9. The molecular weight excluding hydrogens is 436 g/mol. The van der Waals surface area contributed by atoms with Crippen molar-refractivity contribution in [1.82, 2.24) is 4.98 Å². The Bertz CT molecular complexity index is 1050. The molecule has 11 nitrogen and oxygen atoms in total. The normalized spacial score (nSPS) is 10.2. The molecule has 33 heavy (non-hydrogen) atoms. The second-order valence-corrected chi connectivity index (χ2v) is 6.58. The van der Waals surface area contributed by atoms with Gasteiger partial charge in [-0.05, 0) is 25.5 Å². The first-order valence-electron chi connectivity index (χ1n) is 10.0. The summed E-state index contributed by atoms with van der Waals surface area (Å²) in [4.78, 5) is 61.0. The number of ether oxygens (including phenoxy) is 3. The van der Waals surface area contributed by atoms with Gasteiger partial charge in [0.25, 0.3) is 5.69 Å². The van der Waals surface area contributed by atoms with Gasteiger partial charge in [0, 0.05) is 24.0 Å². The molecule has 174 valence electrons. The van der Waals surface area contributed by atoms with Gasteiger partial charge in [0.05, 0.1) is 30.4 Å². The number of carbonyl (C=O) groups excluding carboxylic acids is 4. The molecule has 0 fully saturated rings. The zero-order valence-electron chi connectivity index (χ0n) is 18.1. The molecule has 0 bridgehead atoms. The third kappa shape index (κ3) is 7.20. The van der Waals surface area contributed by atoms with Crippen LogP contribution in [-0.2, 0) is 46.2 Å². The maximum atomic E-state index is 12.0. The number of nitrogens with zero attached hydrogens (tertiary/aromatic N) is 2. The maximum absolute atomic E-state index is 12.0. The summed E-state index contributed by atoms with van der Waals surface area (Å²) >= 11 is 0. The van der Waals surface area contributed by atoms with Gasteiger partial charge in [-0.3, -0.25) is 14.9 Å². The minimum atomic E-state index is -1.06. The summed E-state index contributed by atoms with van der Waals surface area (Å²) in [6.07, 6.45) is 0.888. The predicted molar refractivity (Wildman–Crippen MR) is 113 cm³/mol. The number of aromatic nitrogens is 1. The topological polar surface area (TPSA) is 152 Å². The summed E-state index contributed by atoms with van der Waals surface area (Å²) in [7, 11) is 0. The smallest absolute Gasteiger partial charge is 0.417 e. The molecule has 0 saturated carbocycles. The van der Waals surface area contributed by atoms with E-state index in [0.717, 1.165) is 11.8 Å². The molecule has 0 aliphatic carbocycles. The Balaban J connectivity index is 2.11. The van der Waals surface area contributed by atoms with Crippen LogP contribution in [-0.4, -0.2) is 53.4 Å². The maximum Gasteiger partial charge on any atom is 0.417 e. The van der Waals surface area contributed by atoms with Crippen molar-refractivity contribution in [3.8, 4) is 11.3 Å². The van der Waals surface area contributed by atoms with E-state index in [9.17, 15) is 29.3 Å². The summed E-state index contributed by atoms with van der Waals surface area (Å²) in [5.41, 5.74) is 1.44. The van der Waals surface area contributed by atoms with Crippen molar-refractivity contribution in [3.05, 3.63) is 57.8 Å². The molecule has 0 aliphatic rings. The molecule has 0 aliphatic heterocycles. The highest BCUT2D eigenvalue weighted by Crippen LogP contribution is 2.25. The molecule has 2 aromatic rings. The van der Waals surface area contributed by atoms with E-state index in [1.807, 2.05) is 0 Å². The molecule has 11 heteroatoms. The fraction of sp³-hybridized carbons (Fsp3) is 0.318. The summed E-state index contributed by atoms with van der Waals surface area (Å²) in [5, 5.41) is 11.3. The SMILES string of the molecule is CCOC(=O)C(=O)Cc1cc(-c2ccc(CCOC(=O)C(=O)OCC)cc2)ncc1[N+](=O)[O-]. The first-order chi connectivity index (χ1) is 15.8. The quantitative estimate of drug-likeness (QED) is 0.170. The van der Waals surface area contributed by atoms with E-state index in [0.29, 0.717) is 17.7 Å². The van der Waals surface area contributed by atoms with E-state index in [2.05, 4.69) is 14.5 Å². The lowest BCUT2D eigenvalue weighted by Gasteiger charge is -2.08. The van der Waals surface area contributed by atoms with Gasteiger partial charge in [0.15, 0.2) is 0 Å². The minimum absolute atomic E-state index is 0.0165. The Labute approximate surface area is 188 Å². The average Bonchev–Trinajstić information content (AvgIpc) is 2.79. The molecule has 1 heterocycles. The second-order valence-electron chi connectivity index (χ2n) is 6.58. The van der Waals surface area contributed by atoms with Crippen LogP contribution in [0.4, 0.5) is 5.69 Å². The number of Topliss-reactive ketones (excluding diaryl/α,β-unsaturated/α-hetero) is 1. The van der Waals surface area contributed by atoms with E-state index < -0.39 is 35.0 Å². The van der Waals surface area contributed by atoms with Gasteiger partial charge >= 0.3 is 17.9 Å². The summed E-state index contributed by atoms with van der Waals surface area (Å²) < 4.78 is 14.0. The van der Waals surface area contributed by atoms with Crippen molar-refractivity contribution in [2.75, 3.05) is 19.8 Å². The lowest BCUT2D eigenvalue weighted by Crippen LogP contribution is -2.21.